The molecule has 1 aromatic carbocycles. The first-order valence-corrected chi connectivity index (χ1v) is 6.61. The Kier molecular flexibility index (Phi) is 6.46. The largest absolute Gasteiger partial charge is 0.481 e. The number of hydrogen-bond donors (Lipinski definition) is 2. The third kappa shape index (κ3) is 5.49. The van der Waals surface area contributed by atoms with E-state index in [1.165, 1.54) is 24.3 Å². The summed E-state index contributed by atoms with van der Waals surface area (Å²) in [5, 5.41) is 29.1. The quantitative estimate of drug-likeness (QED) is 0.424. The van der Waals surface area contributed by atoms with E-state index in [0.717, 1.165) is 0 Å². The summed E-state index contributed by atoms with van der Waals surface area (Å²) < 4.78 is 4.89. The van der Waals surface area contributed by atoms with Crippen molar-refractivity contribution < 1.29 is 29.5 Å². The standard InChI is InChI=1S/C14H17NO7/c1-9(8-22-13(18)7-6-12(16)17)14(19)10-2-4-11(5-3-10)15(20)21/h2-5,9,14,19H,6-8H2,1H3,(H,16,17). The zero-order valence-corrected chi connectivity index (χ0v) is 12.0. The molecule has 120 valence electrons. The van der Waals surface area contributed by atoms with Crippen LogP contribution in [0.25, 0.3) is 0 Å². The number of carbonyl (C=O) groups excluding carboxylic acids is 1. The van der Waals surface area contributed by atoms with Gasteiger partial charge >= 0.3 is 11.9 Å². The number of nitro groups is 1. The topological polar surface area (TPSA) is 127 Å². The lowest BCUT2D eigenvalue weighted by Gasteiger charge is -2.19. The van der Waals surface area contributed by atoms with Crippen molar-refractivity contribution in [1.29, 1.82) is 0 Å². The van der Waals surface area contributed by atoms with Crippen LogP contribution in [-0.2, 0) is 14.3 Å². The van der Waals surface area contributed by atoms with Crippen LogP contribution in [0.1, 0.15) is 31.4 Å². The lowest BCUT2D eigenvalue weighted by atomic mass is 9.98. The summed E-state index contributed by atoms with van der Waals surface area (Å²) in [5.74, 6) is -2.17. The number of non-ortho nitro benzene ring substituents is 1. The van der Waals surface area contributed by atoms with Gasteiger partial charge in [-0.2, -0.15) is 0 Å². The van der Waals surface area contributed by atoms with Crippen LogP contribution in [0, 0.1) is 16.0 Å². The maximum absolute atomic E-state index is 11.3. The van der Waals surface area contributed by atoms with Crippen molar-refractivity contribution in [2.45, 2.75) is 25.9 Å². The van der Waals surface area contributed by atoms with Gasteiger partial charge in [0.05, 0.1) is 30.5 Å². The van der Waals surface area contributed by atoms with E-state index in [9.17, 15) is 24.8 Å². The molecule has 22 heavy (non-hydrogen) atoms. The van der Waals surface area contributed by atoms with Crippen molar-refractivity contribution in [3.05, 3.63) is 39.9 Å². The molecule has 1 aromatic rings. The molecular formula is C14H17NO7. The molecule has 2 N–H and O–H groups in total. The molecule has 2 atom stereocenters. The number of carboxylic acid groups (broad SMARTS) is 1. The van der Waals surface area contributed by atoms with Crippen LogP contribution in [-0.4, -0.2) is 33.7 Å². The molecule has 8 nitrogen and oxygen atoms in total. The second kappa shape index (κ2) is 8.08. The molecule has 0 heterocycles. The Morgan fingerprint density at radius 3 is 2.36 bits per heavy atom. The molecule has 0 amide bonds. The average Bonchev–Trinajstić information content (AvgIpc) is 2.49. The summed E-state index contributed by atoms with van der Waals surface area (Å²) in [6, 6.07) is 5.44. The molecule has 0 spiro atoms. The van der Waals surface area contributed by atoms with E-state index in [0.29, 0.717) is 5.56 Å². The number of benzene rings is 1. The van der Waals surface area contributed by atoms with Crippen molar-refractivity contribution in [2.75, 3.05) is 6.61 Å². The summed E-state index contributed by atoms with van der Waals surface area (Å²) in [6.45, 7) is 1.58. The van der Waals surface area contributed by atoms with Crippen molar-refractivity contribution in [2.24, 2.45) is 5.92 Å². The van der Waals surface area contributed by atoms with E-state index >= 15 is 0 Å². The highest BCUT2D eigenvalue weighted by Gasteiger charge is 2.19. The Morgan fingerprint density at radius 1 is 1.27 bits per heavy atom. The molecular weight excluding hydrogens is 294 g/mol. The zero-order chi connectivity index (χ0) is 16.7. The van der Waals surface area contributed by atoms with Crippen molar-refractivity contribution in [1.82, 2.24) is 0 Å². The molecule has 0 bridgehead atoms. The van der Waals surface area contributed by atoms with Crippen LogP contribution in [0.4, 0.5) is 5.69 Å². The van der Waals surface area contributed by atoms with Crippen molar-refractivity contribution in [3.8, 4) is 0 Å². The fraction of sp³-hybridized carbons (Fsp3) is 0.429. The number of aliphatic hydroxyl groups excluding tert-OH is 1. The first kappa shape index (κ1) is 17.6. The third-order valence-corrected chi connectivity index (χ3v) is 3.03. The van der Waals surface area contributed by atoms with Gasteiger partial charge in [-0.25, -0.2) is 0 Å². The van der Waals surface area contributed by atoms with Crippen molar-refractivity contribution in [3.63, 3.8) is 0 Å². The zero-order valence-electron chi connectivity index (χ0n) is 12.0. The van der Waals surface area contributed by atoms with Crippen LogP contribution in [0.5, 0.6) is 0 Å². The first-order valence-electron chi connectivity index (χ1n) is 6.61. The van der Waals surface area contributed by atoms with Gasteiger partial charge in [0.2, 0.25) is 0 Å². The molecule has 2 unspecified atom stereocenters. The van der Waals surface area contributed by atoms with Gasteiger partial charge in [-0.1, -0.05) is 6.92 Å². The highest BCUT2D eigenvalue weighted by Crippen LogP contribution is 2.24. The number of nitro benzene ring substituents is 1. The number of esters is 1. The van der Waals surface area contributed by atoms with Gasteiger partial charge in [-0.05, 0) is 17.7 Å². The number of ether oxygens (including phenoxy) is 1. The molecule has 0 aliphatic heterocycles. The maximum Gasteiger partial charge on any atom is 0.306 e. The fourth-order valence-corrected chi connectivity index (χ4v) is 1.72. The van der Waals surface area contributed by atoms with Gasteiger partial charge < -0.3 is 14.9 Å². The first-order chi connectivity index (χ1) is 10.3. The van der Waals surface area contributed by atoms with Crippen molar-refractivity contribution >= 4 is 17.6 Å². The number of aliphatic carboxylic acids is 1. The van der Waals surface area contributed by atoms with Gasteiger partial charge in [-0.3, -0.25) is 19.7 Å². The number of nitrogens with zero attached hydrogens (tertiary/aromatic N) is 1. The summed E-state index contributed by atoms with van der Waals surface area (Å²) in [5.41, 5.74) is 0.392. The molecule has 0 aromatic heterocycles. The second-order valence-corrected chi connectivity index (χ2v) is 4.85. The Balaban J connectivity index is 2.50. The fourth-order valence-electron chi connectivity index (χ4n) is 1.72. The molecule has 0 aliphatic rings. The molecule has 0 fully saturated rings. The monoisotopic (exact) mass is 311 g/mol. The van der Waals surface area contributed by atoms with Gasteiger partial charge in [0.25, 0.3) is 5.69 Å². The lowest BCUT2D eigenvalue weighted by molar-refractivity contribution is -0.384. The summed E-state index contributed by atoms with van der Waals surface area (Å²) in [4.78, 5) is 31.6. The number of carbonyl (C=O) groups is 2. The van der Waals surface area contributed by atoms with Crippen LogP contribution in [0.2, 0.25) is 0 Å². The minimum Gasteiger partial charge on any atom is -0.481 e. The SMILES string of the molecule is CC(COC(=O)CCC(=O)O)C(O)c1ccc([N+](=O)[O-])cc1. The smallest absolute Gasteiger partial charge is 0.306 e. The molecule has 1 rings (SSSR count). The van der Waals surface area contributed by atoms with E-state index < -0.39 is 28.9 Å². The van der Waals surface area contributed by atoms with E-state index in [-0.39, 0.29) is 25.1 Å². The van der Waals surface area contributed by atoms with Crippen LogP contribution in [0.15, 0.2) is 24.3 Å². The third-order valence-electron chi connectivity index (χ3n) is 3.03. The number of rotatable bonds is 8. The Bertz CT molecular complexity index is 541. The maximum atomic E-state index is 11.3. The van der Waals surface area contributed by atoms with E-state index in [1.54, 1.807) is 6.92 Å². The molecule has 0 aliphatic carbocycles. The highest BCUT2D eigenvalue weighted by atomic mass is 16.6. The van der Waals surface area contributed by atoms with Gasteiger partial charge in [-0.15, -0.1) is 0 Å². The predicted octanol–water partition coefficient (Wildman–Crippen LogP) is 1.67. The van der Waals surface area contributed by atoms with Gasteiger partial charge in [0, 0.05) is 18.1 Å². The molecule has 8 heteroatoms. The van der Waals surface area contributed by atoms with E-state index in [1.807, 2.05) is 0 Å². The second-order valence-electron chi connectivity index (χ2n) is 4.85. The molecule has 0 radical (unpaired) electrons. The highest BCUT2D eigenvalue weighted by molar-refractivity contribution is 5.76. The predicted molar refractivity (Wildman–Crippen MR) is 75.0 cm³/mol. The van der Waals surface area contributed by atoms with Gasteiger partial charge in [0.15, 0.2) is 0 Å². The average molecular weight is 311 g/mol. The number of hydrogen-bond acceptors (Lipinski definition) is 6. The van der Waals surface area contributed by atoms with E-state index in [2.05, 4.69) is 0 Å². The Hall–Kier alpha value is -2.48. The lowest BCUT2D eigenvalue weighted by Crippen LogP contribution is -2.18. The number of carboxylic acids is 1. The molecule has 0 saturated heterocycles. The normalized spacial score (nSPS) is 13.2. The minimum absolute atomic E-state index is 0.0728. The Labute approximate surface area is 126 Å². The van der Waals surface area contributed by atoms with E-state index in [4.69, 9.17) is 9.84 Å². The summed E-state index contributed by atoms with van der Waals surface area (Å²) >= 11 is 0. The summed E-state index contributed by atoms with van der Waals surface area (Å²) in [7, 11) is 0. The van der Waals surface area contributed by atoms with Crippen LogP contribution in [0.3, 0.4) is 0 Å². The van der Waals surface area contributed by atoms with Crippen LogP contribution < -0.4 is 0 Å². The molecule has 0 saturated carbocycles. The minimum atomic E-state index is -1.09. The van der Waals surface area contributed by atoms with Gasteiger partial charge in [0.1, 0.15) is 0 Å². The van der Waals surface area contributed by atoms with Crippen LogP contribution >= 0.6 is 0 Å². The Morgan fingerprint density at radius 2 is 1.86 bits per heavy atom. The number of aliphatic hydroxyl groups is 1. The summed E-state index contributed by atoms with van der Waals surface area (Å²) in [6.07, 6.45) is -1.48.